The molecule has 1 aromatic heterocycles. The lowest BCUT2D eigenvalue weighted by atomic mass is 9.92. The molecule has 2 aromatic rings. The molecule has 1 heterocycles. The predicted octanol–water partition coefficient (Wildman–Crippen LogP) is 2.78. The predicted molar refractivity (Wildman–Crippen MR) is 109 cm³/mol. The van der Waals surface area contributed by atoms with E-state index in [-0.39, 0.29) is 11.6 Å². The van der Waals surface area contributed by atoms with Crippen molar-refractivity contribution in [2.45, 2.75) is 58.1 Å². The summed E-state index contributed by atoms with van der Waals surface area (Å²) in [6.07, 6.45) is 8.53. The van der Waals surface area contributed by atoms with E-state index in [2.05, 4.69) is 10.3 Å². The Bertz CT molecular complexity index is 945. The van der Waals surface area contributed by atoms with Crippen LogP contribution in [0.5, 0.6) is 0 Å². The summed E-state index contributed by atoms with van der Waals surface area (Å²) in [6.45, 7) is 3.98. The second-order valence-corrected chi connectivity index (χ2v) is 7.38. The molecular weight excluding hydrogens is 340 g/mol. The van der Waals surface area contributed by atoms with Crippen LogP contribution in [0.4, 0.5) is 0 Å². The highest BCUT2D eigenvalue weighted by Gasteiger charge is 2.26. The fraction of sp³-hybridized carbons (Fsp3) is 0.476. The van der Waals surface area contributed by atoms with Crippen LogP contribution in [0, 0.1) is 19.3 Å². The average molecular weight is 368 g/mol. The lowest BCUT2D eigenvalue weighted by Gasteiger charge is -2.29. The standard InChI is InChI=1S/C21H28N4O2/c1-13-14(2)20-17(11-15(13)10-16(22)8-9-23-3)21(27)25(12-24-20)18-6-4-5-7-19(18)26/h8-9,11-12,18-19,22-23,26H,4-7,10H2,1-3H3/b9-8-,22-16?/t18-,19-/m0/s1. The first-order valence-electron chi connectivity index (χ1n) is 9.53. The first-order chi connectivity index (χ1) is 12.9. The Balaban J connectivity index is 2.08. The minimum Gasteiger partial charge on any atom is -0.394 e. The maximum Gasteiger partial charge on any atom is 0.261 e. The summed E-state index contributed by atoms with van der Waals surface area (Å²) in [7, 11) is 1.79. The van der Waals surface area contributed by atoms with Gasteiger partial charge in [0.05, 0.1) is 29.4 Å². The number of nitrogens with zero attached hydrogens (tertiary/aromatic N) is 2. The van der Waals surface area contributed by atoms with E-state index in [1.54, 1.807) is 30.2 Å². The van der Waals surface area contributed by atoms with E-state index in [0.29, 0.717) is 23.0 Å². The molecule has 0 amide bonds. The Morgan fingerprint density at radius 1 is 1.37 bits per heavy atom. The van der Waals surface area contributed by atoms with Crippen molar-refractivity contribution in [3.63, 3.8) is 0 Å². The molecule has 3 N–H and O–H groups in total. The van der Waals surface area contributed by atoms with Gasteiger partial charge in [0.25, 0.3) is 5.56 Å². The van der Waals surface area contributed by atoms with Gasteiger partial charge in [-0.1, -0.05) is 12.8 Å². The van der Waals surface area contributed by atoms with Crippen molar-refractivity contribution in [2.75, 3.05) is 7.05 Å². The first kappa shape index (κ1) is 19.3. The van der Waals surface area contributed by atoms with E-state index >= 15 is 0 Å². The molecule has 1 fully saturated rings. The summed E-state index contributed by atoms with van der Waals surface area (Å²) < 4.78 is 1.61. The van der Waals surface area contributed by atoms with Crippen molar-refractivity contribution in [3.8, 4) is 0 Å². The SMILES string of the molecule is CN/C=C\C(=N)Cc1cc2c(=O)n([C@H]3CCCC[C@@H]3O)cnc2c(C)c1C. The van der Waals surface area contributed by atoms with Gasteiger partial charge in [-0.25, -0.2) is 4.98 Å². The Hall–Kier alpha value is -2.47. The number of allylic oxidation sites excluding steroid dienone is 1. The molecule has 0 aliphatic heterocycles. The monoisotopic (exact) mass is 368 g/mol. The van der Waals surface area contributed by atoms with Crippen LogP contribution >= 0.6 is 0 Å². The number of rotatable bonds is 5. The molecule has 1 aliphatic rings. The van der Waals surface area contributed by atoms with Crippen LogP contribution in [-0.2, 0) is 6.42 Å². The second kappa shape index (κ2) is 8.05. The van der Waals surface area contributed by atoms with Crippen LogP contribution in [0.15, 0.2) is 29.5 Å². The van der Waals surface area contributed by atoms with E-state index < -0.39 is 6.10 Å². The Kier molecular flexibility index (Phi) is 5.75. The highest BCUT2D eigenvalue weighted by atomic mass is 16.3. The summed E-state index contributed by atoms with van der Waals surface area (Å²) in [5.41, 5.74) is 4.08. The van der Waals surface area contributed by atoms with Gasteiger partial charge in [0.2, 0.25) is 0 Å². The number of aliphatic hydroxyl groups excluding tert-OH is 1. The number of nitrogens with one attached hydrogen (secondary N) is 2. The Morgan fingerprint density at radius 2 is 2.11 bits per heavy atom. The van der Waals surface area contributed by atoms with Gasteiger partial charge in [-0.2, -0.15) is 0 Å². The summed E-state index contributed by atoms with van der Waals surface area (Å²) in [5.74, 6) is 0. The van der Waals surface area contributed by atoms with E-state index in [1.165, 1.54) is 0 Å². The van der Waals surface area contributed by atoms with Crippen LogP contribution in [-0.4, -0.2) is 33.5 Å². The lowest BCUT2D eigenvalue weighted by Crippen LogP contribution is -2.34. The zero-order chi connectivity index (χ0) is 19.6. The minimum atomic E-state index is -0.499. The quantitative estimate of drug-likeness (QED) is 0.708. The van der Waals surface area contributed by atoms with Crippen LogP contribution in [0.3, 0.4) is 0 Å². The second-order valence-electron chi connectivity index (χ2n) is 7.38. The van der Waals surface area contributed by atoms with Crippen molar-refractivity contribution in [2.24, 2.45) is 0 Å². The summed E-state index contributed by atoms with van der Waals surface area (Å²) in [5, 5.41) is 21.9. The number of fused-ring (bicyclic) bond motifs is 1. The van der Waals surface area contributed by atoms with Gasteiger partial charge >= 0.3 is 0 Å². The highest BCUT2D eigenvalue weighted by Crippen LogP contribution is 2.28. The number of aromatic nitrogens is 2. The normalized spacial score (nSPS) is 20.3. The smallest absolute Gasteiger partial charge is 0.261 e. The van der Waals surface area contributed by atoms with Gasteiger partial charge in [-0.15, -0.1) is 0 Å². The summed E-state index contributed by atoms with van der Waals surface area (Å²) in [6, 6.07) is 1.67. The molecule has 0 spiro atoms. The molecular formula is C21H28N4O2. The number of benzene rings is 1. The molecule has 2 atom stereocenters. The summed E-state index contributed by atoms with van der Waals surface area (Å²) in [4.78, 5) is 17.7. The van der Waals surface area contributed by atoms with Crippen LogP contribution in [0.2, 0.25) is 0 Å². The average Bonchev–Trinajstić information content (AvgIpc) is 2.66. The number of aryl methyl sites for hydroxylation is 1. The zero-order valence-corrected chi connectivity index (χ0v) is 16.2. The van der Waals surface area contributed by atoms with Crippen LogP contribution < -0.4 is 10.9 Å². The topological polar surface area (TPSA) is 91.0 Å². The lowest BCUT2D eigenvalue weighted by molar-refractivity contribution is 0.0735. The molecule has 1 aliphatic carbocycles. The highest BCUT2D eigenvalue weighted by molar-refractivity contribution is 5.95. The zero-order valence-electron chi connectivity index (χ0n) is 16.2. The van der Waals surface area contributed by atoms with Crippen molar-refractivity contribution >= 4 is 16.6 Å². The van der Waals surface area contributed by atoms with E-state index in [9.17, 15) is 9.90 Å². The largest absolute Gasteiger partial charge is 0.394 e. The van der Waals surface area contributed by atoms with Gasteiger partial charge in [0.15, 0.2) is 0 Å². The van der Waals surface area contributed by atoms with E-state index in [4.69, 9.17) is 5.41 Å². The third-order valence-corrected chi connectivity index (χ3v) is 5.63. The van der Waals surface area contributed by atoms with Crippen molar-refractivity contribution < 1.29 is 5.11 Å². The molecule has 0 radical (unpaired) electrons. The maximum absolute atomic E-state index is 13.2. The summed E-state index contributed by atoms with van der Waals surface area (Å²) >= 11 is 0. The van der Waals surface area contributed by atoms with Crippen molar-refractivity contribution in [1.82, 2.24) is 14.9 Å². The Labute approximate surface area is 159 Å². The van der Waals surface area contributed by atoms with E-state index in [1.807, 2.05) is 19.9 Å². The molecule has 0 saturated heterocycles. The molecule has 0 unspecified atom stereocenters. The van der Waals surface area contributed by atoms with Gasteiger partial charge in [-0.05, 0) is 61.7 Å². The minimum absolute atomic E-state index is 0.104. The molecule has 27 heavy (non-hydrogen) atoms. The van der Waals surface area contributed by atoms with Gasteiger partial charge in [-0.3, -0.25) is 9.36 Å². The molecule has 1 saturated carbocycles. The molecule has 6 nitrogen and oxygen atoms in total. The molecule has 144 valence electrons. The third kappa shape index (κ3) is 3.81. The molecule has 3 rings (SSSR count). The van der Waals surface area contributed by atoms with E-state index in [0.717, 1.165) is 42.4 Å². The van der Waals surface area contributed by atoms with Crippen LogP contribution in [0.25, 0.3) is 10.9 Å². The maximum atomic E-state index is 13.2. The number of hydrogen-bond acceptors (Lipinski definition) is 5. The first-order valence-corrected chi connectivity index (χ1v) is 9.53. The van der Waals surface area contributed by atoms with Crippen molar-refractivity contribution in [1.29, 1.82) is 5.41 Å². The fourth-order valence-electron chi connectivity index (χ4n) is 3.90. The molecule has 0 bridgehead atoms. The van der Waals surface area contributed by atoms with Gasteiger partial charge < -0.3 is 15.8 Å². The number of aliphatic hydroxyl groups is 1. The fourth-order valence-corrected chi connectivity index (χ4v) is 3.90. The molecule has 6 heteroatoms. The van der Waals surface area contributed by atoms with Crippen LogP contribution in [0.1, 0.15) is 48.4 Å². The van der Waals surface area contributed by atoms with Gasteiger partial charge in [0, 0.05) is 19.2 Å². The van der Waals surface area contributed by atoms with Crippen molar-refractivity contribution in [3.05, 3.63) is 51.7 Å². The number of hydrogen-bond donors (Lipinski definition) is 3. The Morgan fingerprint density at radius 3 is 2.81 bits per heavy atom. The third-order valence-electron chi connectivity index (χ3n) is 5.63. The molecule has 1 aromatic carbocycles. The van der Waals surface area contributed by atoms with Gasteiger partial charge in [0.1, 0.15) is 0 Å².